The van der Waals surface area contributed by atoms with E-state index in [1.165, 1.54) is 116 Å². The number of ketones is 2. The largest absolute Gasteiger partial charge is 0.295 e. The Balaban J connectivity index is 0.000000208. The maximum absolute atomic E-state index is 10.0. The van der Waals surface area contributed by atoms with Crippen molar-refractivity contribution in [1.82, 2.24) is 19.9 Å². The first kappa shape index (κ1) is 87.1. The smallest absolute Gasteiger partial charge is 0.0709 e. The van der Waals surface area contributed by atoms with Crippen LogP contribution in [0.1, 0.15) is 97.8 Å². The van der Waals surface area contributed by atoms with Crippen molar-refractivity contribution in [3.63, 3.8) is 0 Å². The number of allylic oxidation sites excluding steroid dienone is 4. The zero-order valence-corrected chi connectivity index (χ0v) is 74.3. The number of aliphatic hydroxyl groups is 2. The topological polar surface area (TPSA) is 126 Å². The van der Waals surface area contributed by atoms with Gasteiger partial charge in [-0.1, -0.05) is 81.5 Å². The summed E-state index contributed by atoms with van der Waals surface area (Å²) in [4.78, 5) is 40.6. The first-order valence-electron chi connectivity index (χ1n) is 34.6. The van der Waals surface area contributed by atoms with Gasteiger partial charge in [-0.15, -0.1) is 83.1 Å². The molecular weight excluding hydrogens is 2010 g/mol. The molecule has 0 aliphatic heterocycles. The molecule has 0 aliphatic rings. The van der Waals surface area contributed by atoms with Gasteiger partial charge in [-0.2, -0.15) is 0 Å². The van der Waals surface area contributed by atoms with Crippen LogP contribution >= 0.6 is 11.3 Å². The molecule has 3 radical (unpaired) electrons. The van der Waals surface area contributed by atoms with Crippen LogP contribution in [0.25, 0.3) is 105 Å². The van der Waals surface area contributed by atoms with Gasteiger partial charge in [0.15, 0.2) is 11.6 Å². The molecule has 0 amide bonds. The van der Waals surface area contributed by atoms with E-state index in [4.69, 9.17) is 25.2 Å². The molecule has 0 bridgehead atoms. The van der Waals surface area contributed by atoms with E-state index in [1.807, 2.05) is 84.9 Å². The molecule has 0 saturated carbocycles. The zero-order chi connectivity index (χ0) is 73.6. The van der Waals surface area contributed by atoms with Gasteiger partial charge in [0.1, 0.15) is 0 Å². The Bertz CT molecular complexity index is 4850. The molecule has 549 valence electrons. The van der Waals surface area contributed by atoms with Gasteiger partial charge in [0.05, 0.1) is 29.8 Å². The molecule has 7 heterocycles. The molecule has 7 aromatic carbocycles. The number of aromatic nitrogens is 4. The Labute approximate surface area is 684 Å². The second-order valence-electron chi connectivity index (χ2n) is 26.9. The van der Waals surface area contributed by atoms with Crippen molar-refractivity contribution in [2.75, 3.05) is 0 Å². The number of carbonyl (C=O) groups is 2. The molecule has 2 N–H and O–H groups in total. The molecule has 0 fully saturated rings. The van der Waals surface area contributed by atoms with Crippen LogP contribution in [-0.4, -0.2) is 78.8 Å². The summed E-state index contributed by atoms with van der Waals surface area (Å²) in [6.07, 6.45) is 5.57. The van der Waals surface area contributed by atoms with E-state index in [9.17, 15) is 9.59 Å². The van der Waals surface area contributed by atoms with Crippen LogP contribution in [0.5, 0.6) is 0 Å². The summed E-state index contributed by atoms with van der Waals surface area (Å²) in [5, 5.41) is 20.8. The van der Waals surface area contributed by atoms with Gasteiger partial charge in [0.25, 0.3) is 0 Å². The van der Waals surface area contributed by atoms with Crippen LogP contribution < -0.4 is 5.19 Å². The molecule has 14 aromatic rings. The van der Waals surface area contributed by atoms with E-state index in [0.29, 0.717) is 17.8 Å². The minimum Gasteiger partial charge on any atom is -0.295 e. The maximum Gasteiger partial charge on any atom is 0.0709 e. The molecule has 14 rings (SSSR count). The normalized spacial score (nSPS) is 11.0. The molecule has 15 heteroatoms. The fourth-order valence-corrected chi connectivity index (χ4v) is 18.5. The van der Waals surface area contributed by atoms with Crippen LogP contribution in [0.15, 0.2) is 266 Å². The van der Waals surface area contributed by atoms with Crippen molar-refractivity contribution >= 4 is 94.9 Å². The van der Waals surface area contributed by atoms with Crippen LogP contribution in [-0.2, 0) is 76.3 Å². The van der Waals surface area contributed by atoms with E-state index in [0.717, 1.165) is 57.0 Å². The predicted octanol–water partition coefficient (Wildman–Crippen LogP) is 22.9. The van der Waals surface area contributed by atoms with Crippen molar-refractivity contribution in [2.45, 2.75) is 107 Å². The third-order valence-electron chi connectivity index (χ3n) is 16.1. The van der Waals surface area contributed by atoms with Gasteiger partial charge in [-0.25, -0.2) is 0 Å². The number of pyridine rings is 4. The fourth-order valence-electron chi connectivity index (χ4n) is 11.4. The molecule has 7 aromatic heterocycles. The first-order valence-corrected chi connectivity index (χ1v) is 42.3. The van der Waals surface area contributed by atoms with Crippen molar-refractivity contribution in [2.24, 2.45) is 5.92 Å². The summed E-state index contributed by atoms with van der Waals surface area (Å²) in [6.45, 7) is 26.6. The number of thiophene rings is 1. The number of carbonyl (C=O) groups excluding carboxylic acids is 2. The number of rotatable bonds is 14. The second kappa shape index (κ2) is 42.7. The van der Waals surface area contributed by atoms with Gasteiger partial charge >= 0.3 is 297 Å². The number of hydrogen-bond donors (Lipinski definition) is 2. The average Bonchev–Trinajstić information content (AvgIpc) is 1.23. The minimum atomic E-state index is -1.34. The third-order valence-corrected chi connectivity index (χ3v) is 23.8. The van der Waals surface area contributed by atoms with Crippen molar-refractivity contribution in [3.8, 4) is 75.5 Å². The molecule has 0 atom stereocenters. The molecule has 106 heavy (non-hydrogen) atoms. The van der Waals surface area contributed by atoms with Crippen LogP contribution in [0, 0.1) is 30.2 Å². The Morgan fingerprint density at radius 3 is 1.29 bits per heavy atom. The maximum atomic E-state index is 10.0. The Morgan fingerprint density at radius 2 is 0.887 bits per heavy atom. The molecule has 0 aliphatic carbocycles. The Morgan fingerprint density at radius 1 is 0.472 bits per heavy atom. The third kappa shape index (κ3) is 25.7. The second-order valence-corrected chi connectivity index (χ2v) is 37.4. The van der Waals surface area contributed by atoms with Gasteiger partial charge in [0, 0.05) is 83.5 Å². The van der Waals surface area contributed by atoms with E-state index >= 15 is 0 Å². The minimum absolute atomic E-state index is 0. The average molecular weight is 2100 g/mol. The van der Waals surface area contributed by atoms with E-state index in [2.05, 4.69) is 248 Å². The quantitative estimate of drug-likeness (QED) is 0.0477. The number of nitrogens with zero attached hydrogens (tertiary/aromatic N) is 4. The number of aliphatic hydroxyl groups excluding tert-OH is 2. The summed E-state index contributed by atoms with van der Waals surface area (Å²) < 4.78 is 6.54. The SMILES string of the molecule is CC(=O)C=C(C)O.CC(=O)C=C(C)O.CC(C)Cc1cc(-c2[c-]cccc2)ncc1[Si](C)(C)C.CC(C)c1cccc(C(C)C)c1-c1cc2ccc(-c3[c-]cccc3)nc2[se]1.[Ir].[Ir].[Ir].[c-]1ccccc1-c1ccc2cc(-c3ccccc3)[se]c2n1.[c-]1ccccc1-c1ccc2sc(-c3ccccc3)cc2n1. The fraction of sp³-hybridized carbons (Fsp3) is 0.187. The van der Waals surface area contributed by atoms with Gasteiger partial charge < -0.3 is 15.2 Å². The van der Waals surface area contributed by atoms with Gasteiger partial charge in [0.2, 0.25) is 0 Å². The number of hydrogen-bond acceptors (Lipinski definition) is 9. The standard InChI is InChI=1S/C25H24NSe.C19H12NS.C19H12NSe.C18H24NSi.2C5H8O2.3Ir/c1-16(2)20-11-8-12-21(17(3)4)24(20)23-15-19-13-14-22(26-25(19)27-23)18-9-6-5-7-10-18;1-3-7-14(8-4-1)16-11-12-18-17(20-16)13-19(21-18)15-9-5-2-6-10-15;1-3-7-14(8-4-1)17-12-11-16-13-18(21-19(16)20-17)15-9-5-2-6-10-15;1-14(2)11-16-12-17(15-9-7-6-8-10-15)19-13-18(16)20(3,4)5;2*1-4(6)3-5(2)7;;;/h5-9,11-17H,1-4H3;2*1-7,9-13H;6-9,12-14H,11H2,1-5H3;2*3,6H,1-2H3;;;/q4*-1;;;;;. The zero-order valence-electron chi connectivity index (χ0n) is 61.9. The molecular formula is C91H88Ir3N4O4SSe2Si-4. The molecule has 0 unspecified atom stereocenters. The van der Waals surface area contributed by atoms with Gasteiger partial charge in [-0.3, -0.25) is 14.6 Å². The number of benzene rings is 7. The first-order chi connectivity index (χ1) is 49.5. The molecule has 0 spiro atoms. The van der Waals surface area contributed by atoms with E-state index in [-0.39, 0.29) is 112 Å². The summed E-state index contributed by atoms with van der Waals surface area (Å²) in [5.74, 6) is 1.57. The van der Waals surface area contributed by atoms with Crippen LogP contribution in [0.3, 0.4) is 0 Å². The van der Waals surface area contributed by atoms with Crippen molar-refractivity contribution in [1.29, 1.82) is 0 Å². The monoisotopic (exact) mass is 2100 g/mol. The van der Waals surface area contributed by atoms with E-state index < -0.39 is 8.07 Å². The summed E-state index contributed by atoms with van der Waals surface area (Å²) in [6, 6.07) is 94.9. The van der Waals surface area contributed by atoms with Crippen molar-refractivity contribution in [3.05, 3.63) is 307 Å². The Kier molecular flexibility index (Phi) is 35.1. The summed E-state index contributed by atoms with van der Waals surface area (Å²) >= 11 is 2.29. The Hall–Kier alpha value is -7.80. The summed E-state index contributed by atoms with van der Waals surface area (Å²) in [7, 11) is -1.34. The van der Waals surface area contributed by atoms with Crippen molar-refractivity contribution < 1.29 is 80.1 Å². The summed E-state index contributed by atoms with van der Waals surface area (Å²) in [5.41, 5.74) is 17.7. The van der Waals surface area contributed by atoms with Gasteiger partial charge in [-0.05, 0) is 74.3 Å². The van der Waals surface area contributed by atoms with E-state index in [1.54, 1.807) is 11.3 Å². The molecule has 8 nitrogen and oxygen atoms in total. The number of fused-ring (bicyclic) bond motifs is 3. The molecule has 0 saturated heterocycles. The predicted molar refractivity (Wildman–Crippen MR) is 438 cm³/mol. The van der Waals surface area contributed by atoms with Crippen LogP contribution in [0.2, 0.25) is 19.6 Å². The van der Waals surface area contributed by atoms with Crippen LogP contribution in [0.4, 0.5) is 0 Å².